The fourth-order valence-electron chi connectivity index (χ4n) is 5.07. The van der Waals surface area contributed by atoms with Gasteiger partial charge in [0.1, 0.15) is 24.3 Å². The van der Waals surface area contributed by atoms with Crippen LogP contribution in [0.25, 0.3) is 0 Å². The lowest BCUT2D eigenvalue weighted by Crippen LogP contribution is -2.53. The van der Waals surface area contributed by atoms with Crippen molar-refractivity contribution in [2.24, 2.45) is 0 Å². The van der Waals surface area contributed by atoms with Gasteiger partial charge in [0, 0.05) is 38.8 Å². The molecule has 0 bridgehead atoms. The second kappa shape index (κ2) is 10.4. The van der Waals surface area contributed by atoms with Crippen molar-refractivity contribution in [2.75, 3.05) is 39.3 Å². The molecule has 1 saturated heterocycles. The lowest BCUT2D eigenvalue weighted by molar-refractivity contribution is 0.0286. The summed E-state index contributed by atoms with van der Waals surface area (Å²) in [5.74, 6) is 0.267. The van der Waals surface area contributed by atoms with E-state index in [0.29, 0.717) is 18.3 Å². The molecule has 1 heterocycles. The summed E-state index contributed by atoms with van der Waals surface area (Å²) in [7, 11) is 0. The molecule has 32 heavy (non-hydrogen) atoms. The molecule has 2 fully saturated rings. The molecule has 1 N–H and O–H groups in total. The van der Waals surface area contributed by atoms with Crippen molar-refractivity contribution < 1.29 is 14.2 Å². The van der Waals surface area contributed by atoms with Crippen LogP contribution in [0.1, 0.15) is 31.2 Å². The van der Waals surface area contributed by atoms with Crippen LogP contribution in [-0.2, 0) is 5.41 Å². The summed E-state index contributed by atoms with van der Waals surface area (Å²) in [6.45, 7) is 4.59. The number of hydrogen-bond donors (Lipinski definition) is 1. The van der Waals surface area contributed by atoms with Crippen LogP contribution in [0, 0.1) is 17.1 Å². The van der Waals surface area contributed by atoms with Crippen LogP contribution in [0.4, 0.5) is 4.39 Å². The number of halogens is 1. The number of ether oxygens (including phenoxy) is 1. The minimum absolute atomic E-state index is 0.199. The third-order valence-corrected chi connectivity index (χ3v) is 7.00. The zero-order chi connectivity index (χ0) is 22.4. The molecule has 170 valence electrons. The Hall–Kier alpha value is -2.46. The molecule has 0 aromatic heterocycles. The van der Waals surface area contributed by atoms with Crippen LogP contribution >= 0.6 is 0 Å². The molecule has 0 unspecified atom stereocenters. The van der Waals surface area contributed by atoms with Crippen molar-refractivity contribution in [3.63, 3.8) is 0 Å². The van der Waals surface area contributed by atoms with Gasteiger partial charge in [-0.3, -0.25) is 9.80 Å². The number of nitrogens with zero attached hydrogens (tertiary/aromatic N) is 3. The second-order valence-electron chi connectivity index (χ2n) is 9.05. The van der Waals surface area contributed by atoms with Crippen LogP contribution in [0.2, 0.25) is 0 Å². The summed E-state index contributed by atoms with van der Waals surface area (Å²) < 4.78 is 18.5. The van der Waals surface area contributed by atoms with E-state index in [1.165, 1.54) is 12.1 Å². The Morgan fingerprint density at radius 3 is 2.31 bits per heavy atom. The highest BCUT2D eigenvalue weighted by molar-refractivity contribution is 5.33. The van der Waals surface area contributed by atoms with Crippen LogP contribution in [0.3, 0.4) is 0 Å². The number of aliphatic hydroxyl groups excluding tert-OH is 1. The monoisotopic (exact) mass is 437 g/mol. The summed E-state index contributed by atoms with van der Waals surface area (Å²) >= 11 is 0. The van der Waals surface area contributed by atoms with Crippen molar-refractivity contribution >= 4 is 0 Å². The molecule has 1 aliphatic heterocycles. The lowest BCUT2D eigenvalue weighted by atomic mass is 9.69. The van der Waals surface area contributed by atoms with Gasteiger partial charge in [0.05, 0.1) is 11.5 Å². The minimum atomic E-state index is -0.580. The first-order valence-electron chi connectivity index (χ1n) is 11.6. The summed E-state index contributed by atoms with van der Waals surface area (Å²) in [6.07, 6.45) is 3.35. The topological polar surface area (TPSA) is 59.7 Å². The molecule has 1 aliphatic carbocycles. The Balaban J connectivity index is 1.20. The Morgan fingerprint density at radius 1 is 1.03 bits per heavy atom. The molecule has 6 heteroatoms. The second-order valence-corrected chi connectivity index (χ2v) is 9.05. The molecule has 1 saturated carbocycles. The highest BCUT2D eigenvalue weighted by atomic mass is 19.1. The predicted molar refractivity (Wildman–Crippen MR) is 122 cm³/mol. The highest BCUT2D eigenvalue weighted by Crippen LogP contribution is 2.40. The molecule has 2 aromatic rings. The third-order valence-electron chi connectivity index (χ3n) is 7.00. The van der Waals surface area contributed by atoms with Crippen molar-refractivity contribution in [3.8, 4) is 11.8 Å². The number of rotatable bonds is 7. The fourth-order valence-corrected chi connectivity index (χ4v) is 5.07. The van der Waals surface area contributed by atoms with Gasteiger partial charge in [0.25, 0.3) is 0 Å². The fraction of sp³-hybridized carbons (Fsp3) is 0.500. The van der Waals surface area contributed by atoms with Gasteiger partial charge in [-0.05, 0) is 55.5 Å². The molecule has 2 aromatic carbocycles. The summed E-state index contributed by atoms with van der Waals surface area (Å²) in [5.41, 5.74) is 0.816. The normalized spacial score (nSPS) is 25.7. The number of aliphatic hydroxyl groups is 1. The minimum Gasteiger partial charge on any atom is -0.491 e. The Morgan fingerprint density at radius 2 is 1.69 bits per heavy atom. The molecule has 4 rings (SSSR count). The van der Waals surface area contributed by atoms with E-state index in [1.54, 1.807) is 12.1 Å². The first-order chi connectivity index (χ1) is 15.6. The molecule has 0 radical (unpaired) electrons. The number of nitriles is 1. The van der Waals surface area contributed by atoms with E-state index in [1.807, 2.05) is 18.2 Å². The van der Waals surface area contributed by atoms with E-state index in [9.17, 15) is 14.8 Å². The highest BCUT2D eigenvalue weighted by Gasteiger charge is 2.39. The zero-order valence-electron chi connectivity index (χ0n) is 18.5. The average molecular weight is 438 g/mol. The van der Waals surface area contributed by atoms with E-state index in [0.717, 1.165) is 57.4 Å². The van der Waals surface area contributed by atoms with Crippen molar-refractivity contribution in [1.82, 2.24) is 9.80 Å². The van der Waals surface area contributed by atoms with Crippen LogP contribution in [-0.4, -0.2) is 66.4 Å². The first-order valence-corrected chi connectivity index (χ1v) is 11.6. The smallest absolute Gasteiger partial charge is 0.123 e. The molecule has 2 aliphatic rings. The number of hydrogen-bond acceptors (Lipinski definition) is 5. The van der Waals surface area contributed by atoms with Crippen LogP contribution < -0.4 is 4.74 Å². The number of β-amino-alcohol motifs (C(OH)–C–C–N with tert-alkyl or cyclic N) is 1. The predicted octanol–water partition coefficient (Wildman–Crippen LogP) is 3.59. The van der Waals surface area contributed by atoms with Gasteiger partial charge < -0.3 is 9.84 Å². The first kappa shape index (κ1) is 22.7. The van der Waals surface area contributed by atoms with E-state index in [2.05, 4.69) is 28.0 Å². The van der Waals surface area contributed by atoms with Gasteiger partial charge in [0.2, 0.25) is 0 Å². The Kier molecular flexibility index (Phi) is 7.41. The van der Waals surface area contributed by atoms with Crippen molar-refractivity contribution in [2.45, 2.75) is 43.2 Å². The summed E-state index contributed by atoms with van der Waals surface area (Å²) in [5, 5.41) is 20.3. The van der Waals surface area contributed by atoms with Gasteiger partial charge in [-0.15, -0.1) is 0 Å². The van der Waals surface area contributed by atoms with Gasteiger partial charge in [0.15, 0.2) is 0 Å². The zero-order valence-corrected chi connectivity index (χ0v) is 18.5. The third kappa shape index (κ3) is 5.47. The Bertz CT molecular complexity index is 884. The van der Waals surface area contributed by atoms with Gasteiger partial charge >= 0.3 is 0 Å². The lowest BCUT2D eigenvalue weighted by Gasteiger charge is -2.44. The van der Waals surface area contributed by atoms with E-state index < -0.39 is 6.10 Å². The van der Waals surface area contributed by atoms with E-state index in [4.69, 9.17) is 4.74 Å². The average Bonchev–Trinajstić information content (AvgIpc) is 2.85. The SMILES string of the molecule is N#CC1(c2ccccc2)CCC(N2CCN(C[C@H](O)COc3ccc(F)cc3)CC2)CC1. The molecule has 5 nitrogen and oxygen atoms in total. The summed E-state index contributed by atoms with van der Waals surface area (Å²) in [6, 6.07) is 19.3. The van der Waals surface area contributed by atoms with Crippen molar-refractivity contribution in [3.05, 3.63) is 66.0 Å². The van der Waals surface area contributed by atoms with Gasteiger partial charge in [-0.1, -0.05) is 30.3 Å². The van der Waals surface area contributed by atoms with Crippen LogP contribution in [0.5, 0.6) is 5.75 Å². The molecular formula is C26H32FN3O2. The van der Waals surface area contributed by atoms with E-state index in [-0.39, 0.29) is 17.8 Å². The van der Waals surface area contributed by atoms with Gasteiger partial charge in [-0.25, -0.2) is 4.39 Å². The summed E-state index contributed by atoms with van der Waals surface area (Å²) in [4.78, 5) is 4.84. The number of benzene rings is 2. The molecular weight excluding hydrogens is 405 g/mol. The standard InChI is InChI=1S/C26H32FN3O2/c27-22-6-8-25(9-7-22)32-19-24(31)18-29-14-16-30(17-15-29)23-10-12-26(20-28,13-11-23)21-4-2-1-3-5-21/h1-9,23-24,31H,10-19H2/t23?,24-,26?/m0/s1. The largest absolute Gasteiger partial charge is 0.491 e. The van der Waals surface area contributed by atoms with Crippen LogP contribution in [0.15, 0.2) is 54.6 Å². The molecule has 0 amide bonds. The maximum absolute atomic E-state index is 13.0. The number of piperazine rings is 1. The maximum Gasteiger partial charge on any atom is 0.123 e. The van der Waals surface area contributed by atoms with Gasteiger partial charge in [-0.2, -0.15) is 5.26 Å². The van der Waals surface area contributed by atoms with Crippen molar-refractivity contribution in [1.29, 1.82) is 5.26 Å². The quantitative estimate of drug-likeness (QED) is 0.717. The van der Waals surface area contributed by atoms with E-state index >= 15 is 0 Å². The Labute approximate surface area is 190 Å². The molecule has 1 atom stereocenters. The maximum atomic E-state index is 13.0. The molecule has 0 spiro atoms.